The monoisotopic (exact) mass is 316 g/mol. The molecule has 1 aliphatic rings. The largest absolute Gasteiger partial charge is 0.356 e. The Morgan fingerprint density at radius 2 is 2.35 bits per heavy atom. The molecule has 0 radical (unpaired) electrons. The number of carbonyl (C=O) groups is 1. The van der Waals surface area contributed by atoms with Gasteiger partial charge in [0.15, 0.2) is 0 Å². The lowest BCUT2D eigenvalue weighted by molar-refractivity contribution is -0.126. The van der Waals surface area contributed by atoms with Gasteiger partial charge in [-0.3, -0.25) is 4.79 Å². The standard InChI is InChI=1S/C13H20N2O3S2/c1-2-7-14-13(16)11-5-3-8-15(10-11)20(17,18)12-6-4-9-19-12/h4,6,9,11H,2-3,5,7-8,10H2,1H3,(H,14,16)/t11-/m1/s1. The van der Waals surface area contributed by atoms with E-state index >= 15 is 0 Å². The van der Waals surface area contributed by atoms with Gasteiger partial charge < -0.3 is 5.32 Å². The molecule has 1 amide bonds. The van der Waals surface area contributed by atoms with E-state index in [0.29, 0.717) is 17.3 Å². The maximum atomic E-state index is 12.4. The van der Waals surface area contributed by atoms with Gasteiger partial charge in [-0.15, -0.1) is 11.3 Å². The Hall–Kier alpha value is -0.920. The summed E-state index contributed by atoms with van der Waals surface area (Å²) in [4.78, 5) is 12.0. The van der Waals surface area contributed by atoms with Crippen LogP contribution in [0.3, 0.4) is 0 Å². The first-order valence-corrected chi connectivity index (χ1v) is 9.19. The third kappa shape index (κ3) is 3.39. The van der Waals surface area contributed by atoms with Crippen molar-refractivity contribution in [3.63, 3.8) is 0 Å². The number of hydrogen-bond acceptors (Lipinski definition) is 4. The Kier molecular flexibility index (Phi) is 5.17. The van der Waals surface area contributed by atoms with Gasteiger partial charge >= 0.3 is 0 Å². The molecule has 0 aromatic carbocycles. The number of sulfonamides is 1. The van der Waals surface area contributed by atoms with E-state index in [1.807, 2.05) is 6.92 Å². The van der Waals surface area contributed by atoms with Crippen molar-refractivity contribution in [1.82, 2.24) is 9.62 Å². The molecule has 0 aliphatic carbocycles. The molecule has 1 N–H and O–H groups in total. The predicted molar refractivity (Wildman–Crippen MR) is 79.1 cm³/mol. The van der Waals surface area contributed by atoms with Crippen molar-refractivity contribution in [1.29, 1.82) is 0 Å². The molecule has 5 nitrogen and oxygen atoms in total. The molecule has 0 unspecified atom stereocenters. The highest BCUT2D eigenvalue weighted by Gasteiger charge is 2.33. The third-order valence-corrected chi connectivity index (χ3v) is 6.63. The second-order valence-electron chi connectivity index (χ2n) is 4.93. The van der Waals surface area contributed by atoms with Crippen LogP contribution in [0.1, 0.15) is 26.2 Å². The third-order valence-electron chi connectivity index (χ3n) is 3.39. The van der Waals surface area contributed by atoms with E-state index in [2.05, 4.69) is 5.32 Å². The van der Waals surface area contributed by atoms with Gasteiger partial charge in [0.1, 0.15) is 4.21 Å². The van der Waals surface area contributed by atoms with E-state index in [1.54, 1.807) is 17.5 Å². The maximum Gasteiger partial charge on any atom is 0.252 e. The lowest BCUT2D eigenvalue weighted by Crippen LogP contribution is -2.45. The molecular weight excluding hydrogens is 296 g/mol. The highest BCUT2D eigenvalue weighted by Crippen LogP contribution is 2.26. The van der Waals surface area contributed by atoms with Crippen LogP contribution in [0, 0.1) is 5.92 Å². The topological polar surface area (TPSA) is 66.5 Å². The minimum Gasteiger partial charge on any atom is -0.356 e. The first kappa shape index (κ1) is 15.5. The van der Waals surface area contributed by atoms with Crippen molar-refractivity contribution >= 4 is 27.3 Å². The lowest BCUT2D eigenvalue weighted by Gasteiger charge is -2.30. The van der Waals surface area contributed by atoms with Crippen LogP contribution in [0.5, 0.6) is 0 Å². The number of nitrogens with one attached hydrogen (secondary N) is 1. The van der Waals surface area contributed by atoms with Crippen LogP contribution in [0.15, 0.2) is 21.7 Å². The number of thiophene rings is 1. The SMILES string of the molecule is CCCNC(=O)[C@@H]1CCCN(S(=O)(=O)c2cccs2)C1. The molecule has 20 heavy (non-hydrogen) atoms. The molecule has 7 heteroatoms. The van der Waals surface area contributed by atoms with E-state index in [1.165, 1.54) is 15.6 Å². The van der Waals surface area contributed by atoms with Crippen LogP contribution in [0.2, 0.25) is 0 Å². The van der Waals surface area contributed by atoms with Crippen LogP contribution in [-0.2, 0) is 14.8 Å². The summed E-state index contributed by atoms with van der Waals surface area (Å²) in [7, 11) is -3.43. The highest BCUT2D eigenvalue weighted by molar-refractivity contribution is 7.91. The molecule has 2 heterocycles. The van der Waals surface area contributed by atoms with Crippen molar-refractivity contribution < 1.29 is 13.2 Å². The summed E-state index contributed by atoms with van der Waals surface area (Å²) in [5, 5.41) is 4.60. The van der Waals surface area contributed by atoms with Crippen LogP contribution >= 0.6 is 11.3 Å². The first-order chi connectivity index (χ1) is 9.55. The van der Waals surface area contributed by atoms with E-state index < -0.39 is 10.0 Å². The molecule has 2 rings (SSSR count). The van der Waals surface area contributed by atoms with Gasteiger partial charge in [-0.25, -0.2) is 8.42 Å². The van der Waals surface area contributed by atoms with Crippen molar-refractivity contribution in [3.8, 4) is 0 Å². The average molecular weight is 316 g/mol. The Morgan fingerprint density at radius 3 is 3.00 bits per heavy atom. The van der Waals surface area contributed by atoms with Gasteiger partial charge in [-0.05, 0) is 30.7 Å². The molecule has 1 aliphatic heterocycles. The van der Waals surface area contributed by atoms with Crippen molar-refractivity contribution in [2.45, 2.75) is 30.4 Å². The summed E-state index contributed by atoms with van der Waals surface area (Å²) in [5.41, 5.74) is 0. The molecule has 0 bridgehead atoms. The van der Waals surface area contributed by atoms with Crippen LogP contribution in [0.25, 0.3) is 0 Å². The molecule has 1 aromatic rings. The zero-order valence-corrected chi connectivity index (χ0v) is 13.2. The fraction of sp³-hybridized carbons (Fsp3) is 0.615. The molecule has 1 fully saturated rings. The fourth-order valence-electron chi connectivity index (χ4n) is 2.30. The van der Waals surface area contributed by atoms with E-state index in [-0.39, 0.29) is 18.4 Å². The smallest absolute Gasteiger partial charge is 0.252 e. The Morgan fingerprint density at radius 1 is 1.55 bits per heavy atom. The maximum absolute atomic E-state index is 12.4. The second-order valence-corrected chi connectivity index (χ2v) is 8.04. The van der Waals surface area contributed by atoms with Crippen molar-refractivity contribution in [2.24, 2.45) is 5.92 Å². The summed E-state index contributed by atoms with van der Waals surface area (Å²) >= 11 is 1.22. The average Bonchev–Trinajstić information content (AvgIpc) is 2.99. The zero-order chi connectivity index (χ0) is 14.6. The van der Waals surface area contributed by atoms with Gasteiger partial charge in [0.05, 0.1) is 5.92 Å². The van der Waals surface area contributed by atoms with E-state index in [4.69, 9.17) is 0 Å². The van der Waals surface area contributed by atoms with Crippen molar-refractivity contribution in [3.05, 3.63) is 17.5 Å². The Balaban J connectivity index is 2.05. The van der Waals surface area contributed by atoms with E-state index in [0.717, 1.165) is 19.3 Å². The van der Waals surface area contributed by atoms with E-state index in [9.17, 15) is 13.2 Å². The Bertz CT molecular complexity index is 540. The minimum atomic E-state index is -3.43. The van der Waals surface area contributed by atoms with Crippen LogP contribution in [-0.4, -0.2) is 38.3 Å². The highest BCUT2D eigenvalue weighted by atomic mass is 32.2. The minimum absolute atomic E-state index is 0.0297. The van der Waals surface area contributed by atoms with Crippen LogP contribution < -0.4 is 5.32 Å². The molecular formula is C13H20N2O3S2. The zero-order valence-electron chi connectivity index (χ0n) is 11.5. The second kappa shape index (κ2) is 6.69. The predicted octanol–water partition coefficient (Wildman–Crippen LogP) is 1.67. The van der Waals surface area contributed by atoms with Gasteiger partial charge in [0.2, 0.25) is 5.91 Å². The fourth-order valence-corrected chi connectivity index (χ4v) is 4.97. The number of piperidine rings is 1. The van der Waals surface area contributed by atoms with Crippen LogP contribution in [0.4, 0.5) is 0 Å². The number of rotatable bonds is 5. The molecule has 0 spiro atoms. The molecule has 1 saturated heterocycles. The first-order valence-electron chi connectivity index (χ1n) is 6.87. The van der Waals surface area contributed by atoms with Gasteiger partial charge in [-0.1, -0.05) is 13.0 Å². The summed E-state index contributed by atoms with van der Waals surface area (Å²) in [5.74, 6) is -0.261. The normalized spacial score (nSPS) is 20.8. The number of amides is 1. The molecule has 0 saturated carbocycles. The van der Waals surface area contributed by atoms with Gasteiger partial charge in [0.25, 0.3) is 10.0 Å². The molecule has 112 valence electrons. The van der Waals surface area contributed by atoms with Crippen molar-refractivity contribution in [2.75, 3.05) is 19.6 Å². The van der Waals surface area contributed by atoms with Gasteiger partial charge in [0, 0.05) is 19.6 Å². The summed E-state index contributed by atoms with van der Waals surface area (Å²) in [6.07, 6.45) is 2.37. The lowest BCUT2D eigenvalue weighted by atomic mass is 9.99. The number of carbonyl (C=O) groups excluding carboxylic acids is 1. The number of nitrogens with zero attached hydrogens (tertiary/aromatic N) is 1. The Labute approximate surface area is 124 Å². The van der Waals surface area contributed by atoms with Gasteiger partial charge in [-0.2, -0.15) is 4.31 Å². The summed E-state index contributed by atoms with van der Waals surface area (Å²) in [6.45, 7) is 3.43. The quantitative estimate of drug-likeness (QED) is 0.898. The molecule has 1 aromatic heterocycles. The number of hydrogen-bond donors (Lipinski definition) is 1. The molecule has 1 atom stereocenters. The summed E-state index contributed by atoms with van der Waals surface area (Å²) in [6, 6.07) is 3.34. The summed E-state index contributed by atoms with van der Waals surface area (Å²) < 4.78 is 26.7.